The molecule has 0 spiro atoms. The van der Waals surface area contributed by atoms with Gasteiger partial charge in [0.2, 0.25) is 11.8 Å². The normalized spacial score (nSPS) is 13.1. The molecule has 0 unspecified atom stereocenters. The van der Waals surface area contributed by atoms with E-state index >= 15 is 0 Å². The molecule has 0 radical (unpaired) electrons. The minimum atomic E-state index is -0.207. The molecular weight excluding hydrogens is 717 g/mol. The SMILES string of the molecule is CCCN(CCCCc1ccccc1Sc1ccc(C)cc1C)CNC(=O)CC(=O)NCN1CCCCCC1.Cc1ccc(Sc2ccccc2C)c(C)c1.[HH].[HH]. The van der Waals surface area contributed by atoms with E-state index in [1.54, 1.807) is 0 Å². The lowest BCUT2D eigenvalue weighted by molar-refractivity contribution is -0.130. The number of carbonyl (C=O) groups is 2. The summed E-state index contributed by atoms with van der Waals surface area (Å²) in [6.45, 7) is 17.9. The number of likely N-dealkylation sites (tertiary alicyclic amines) is 1. The average Bonchev–Trinajstić information content (AvgIpc) is 3.44. The van der Waals surface area contributed by atoms with Crippen molar-refractivity contribution in [2.75, 3.05) is 39.5 Å². The van der Waals surface area contributed by atoms with Gasteiger partial charge >= 0.3 is 0 Å². The quantitative estimate of drug-likeness (QED) is 0.0632. The van der Waals surface area contributed by atoms with Gasteiger partial charge in [-0.3, -0.25) is 19.4 Å². The van der Waals surface area contributed by atoms with Crippen molar-refractivity contribution < 1.29 is 12.4 Å². The molecular formula is C47H68N4O2S2. The molecule has 0 aliphatic carbocycles. The summed E-state index contributed by atoms with van der Waals surface area (Å²) in [4.78, 5) is 34.5. The maximum atomic E-state index is 12.4. The third-order valence-corrected chi connectivity index (χ3v) is 12.5. The van der Waals surface area contributed by atoms with Gasteiger partial charge in [-0.25, -0.2) is 0 Å². The summed E-state index contributed by atoms with van der Waals surface area (Å²) in [7, 11) is 0. The zero-order valence-corrected chi connectivity index (χ0v) is 35.8. The Hall–Kier alpha value is -3.56. The van der Waals surface area contributed by atoms with Crippen molar-refractivity contribution >= 4 is 35.3 Å². The molecule has 0 saturated carbocycles. The predicted octanol–water partition coefficient (Wildman–Crippen LogP) is 11.2. The molecule has 2 N–H and O–H groups in total. The molecule has 0 bridgehead atoms. The molecule has 2 amide bonds. The lowest BCUT2D eigenvalue weighted by atomic mass is 10.1. The molecule has 5 rings (SSSR count). The van der Waals surface area contributed by atoms with Gasteiger partial charge in [0.25, 0.3) is 0 Å². The molecule has 0 atom stereocenters. The van der Waals surface area contributed by atoms with Gasteiger partial charge < -0.3 is 10.6 Å². The molecule has 8 heteroatoms. The van der Waals surface area contributed by atoms with Gasteiger partial charge in [-0.2, -0.15) is 0 Å². The van der Waals surface area contributed by atoms with E-state index in [0.29, 0.717) is 13.3 Å². The first kappa shape index (κ1) is 44.2. The van der Waals surface area contributed by atoms with Gasteiger partial charge in [0.1, 0.15) is 6.42 Å². The van der Waals surface area contributed by atoms with Crippen LogP contribution < -0.4 is 10.6 Å². The predicted molar refractivity (Wildman–Crippen MR) is 237 cm³/mol. The van der Waals surface area contributed by atoms with Crippen LogP contribution in [0.2, 0.25) is 0 Å². The van der Waals surface area contributed by atoms with Crippen LogP contribution in [0.4, 0.5) is 0 Å². The summed E-state index contributed by atoms with van der Waals surface area (Å²) >= 11 is 3.71. The van der Waals surface area contributed by atoms with E-state index in [1.807, 2.05) is 23.5 Å². The Morgan fingerprint density at radius 1 is 0.655 bits per heavy atom. The molecule has 300 valence electrons. The summed E-state index contributed by atoms with van der Waals surface area (Å²) in [5.41, 5.74) is 8.03. The Morgan fingerprint density at radius 2 is 1.22 bits per heavy atom. The van der Waals surface area contributed by atoms with Crippen molar-refractivity contribution in [3.8, 4) is 0 Å². The van der Waals surface area contributed by atoms with Crippen LogP contribution in [0.25, 0.3) is 0 Å². The van der Waals surface area contributed by atoms with Crippen LogP contribution >= 0.6 is 23.5 Å². The highest BCUT2D eigenvalue weighted by Gasteiger charge is 2.14. The van der Waals surface area contributed by atoms with Gasteiger partial charge in [-0.05, 0) is 146 Å². The van der Waals surface area contributed by atoms with Crippen molar-refractivity contribution in [3.63, 3.8) is 0 Å². The number of rotatable bonds is 17. The first-order valence-electron chi connectivity index (χ1n) is 20.2. The lowest BCUT2D eigenvalue weighted by Gasteiger charge is -2.22. The number of unbranched alkanes of at least 4 members (excludes halogenated alkanes) is 1. The molecule has 55 heavy (non-hydrogen) atoms. The number of aryl methyl sites for hydroxylation is 6. The van der Waals surface area contributed by atoms with E-state index in [9.17, 15) is 9.59 Å². The summed E-state index contributed by atoms with van der Waals surface area (Å²) in [6, 6.07) is 30.5. The second-order valence-corrected chi connectivity index (χ2v) is 17.1. The Morgan fingerprint density at radius 3 is 1.84 bits per heavy atom. The maximum absolute atomic E-state index is 12.4. The zero-order chi connectivity index (χ0) is 39.4. The van der Waals surface area contributed by atoms with Crippen LogP contribution in [0, 0.1) is 34.6 Å². The van der Waals surface area contributed by atoms with Gasteiger partial charge in [-0.1, -0.05) is 115 Å². The van der Waals surface area contributed by atoms with Crippen molar-refractivity contribution in [1.82, 2.24) is 20.4 Å². The van der Waals surface area contributed by atoms with E-state index in [-0.39, 0.29) is 21.1 Å². The first-order chi connectivity index (χ1) is 26.6. The standard InChI is InChI=1S/C32H48N4O2S.C15H16S.2H2/c1-4-18-35(24-33-31(37)23-32(38)34-25-36-19-10-5-6-11-20-36)21-12-9-14-28-13-7-8-15-30(28)39-29-17-16-26(2)22-27(29)3;1-11-8-9-15(13(3)10-11)16-14-7-5-4-6-12(14)2;;/h7-8,13,15-17,22H,4-6,9-12,14,18-21,23-25H2,1-3H3,(H,33,37)(H,34,38);4-10H,1-3H3;2*1H. The number of amides is 2. The molecule has 1 saturated heterocycles. The summed E-state index contributed by atoms with van der Waals surface area (Å²) in [6.07, 6.45) is 9.01. The molecule has 4 aromatic rings. The zero-order valence-electron chi connectivity index (χ0n) is 34.2. The molecule has 1 aliphatic heterocycles. The molecule has 1 fully saturated rings. The van der Waals surface area contributed by atoms with Crippen LogP contribution in [0.15, 0.2) is 105 Å². The van der Waals surface area contributed by atoms with Crippen molar-refractivity contribution in [2.24, 2.45) is 0 Å². The molecule has 0 aromatic heterocycles. The van der Waals surface area contributed by atoms with E-state index in [2.05, 4.69) is 147 Å². The second-order valence-electron chi connectivity index (χ2n) is 14.9. The third kappa shape index (κ3) is 16.2. The topological polar surface area (TPSA) is 64.7 Å². The maximum Gasteiger partial charge on any atom is 0.230 e. The van der Waals surface area contributed by atoms with Crippen LogP contribution in [-0.4, -0.2) is 61.1 Å². The molecule has 4 aromatic carbocycles. The number of nitrogens with zero attached hydrogens (tertiary/aromatic N) is 2. The highest BCUT2D eigenvalue weighted by molar-refractivity contribution is 7.99. The summed E-state index contributed by atoms with van der Waals surface area (Å²) < 4.78 is 0. The molecule has 1 heterocycles. The number of hydrogen-bond donors (Lipinski definition) is 2. The summed E-state index contributed by atoms with van der Waals surface area (Å²) in [5, 5.41) is 5.88. The minimum Gasteiger partial charge on any atom is -0.343 e. The number of benzene rings is 4. The van der Waals surface area contributed by atoms with Gasteiger partial charge in [0, 0.05) is 22.4 Å². The smallest absolute Gasteiger partial charge is 0.230 e. The van der Waals surface area contributed by atoms with Crippen molar-refractivity contribution in [2.45, 2.75) is 119 Å². The number of hydrogen-bond acceptors (Lipinski definition) is 6. The lowest BCUT2D eigenvalue weighted by Crippen LogP contribution is -2.42. The van der Waals surface area contributed by atoms with Gasteiger partial charge in [0.05, 0.1) is 13.3 Å². The van der Waals surface area contributed by atoms with E-state index in [0.717, 1.165) is 51.9 Å². The number of nitrogens with one attached hydrogen (secondary N) is 2. The van der Waals surface area contributed by atoms with E-state index < -0.39 is 0 Å². The van der Waals surface area contributed by atoms with E-state index in [4.69, 9.17) is 0 Å². The highest BCUT2D eigenvalue weighted by atomic mass is 32.2. The van der Waals surface area contributed by atoms with Gasteiger partial charge in [0.15, 0.2) is 0 Å². The van der Waals surface area contributed by atoms with Crippen molar-refractivity contribution in [3.05, 3.63) is 118 Å². The fourth-order valence-electron chi connectivity index (χ4n) is 6.75. The van der Waals surface area contributed by atoms with Crippen LogP contribution in [-0.2, 0) is 16.0 Å². The Labute approximate surface area is 343 Å². The Bertz CT molecular complexity index is 1800. The molecule has 6 nitrogen and oxygen atoms in total. The number of carbonyl (C=O) groups excluding carboxylic acids is 2. The van der Waals surface area contributed by atoms with Crippen LogP contribution in [0.5, 0.6) is 0 Å². The summed E-state index contributed by atoms with van der Waals surface area (Å²) in [5.74, 6) is -0.405. The average molecular weight is 785 g/mol. The molecule has 1 aliphatic rings. The Kier molecular flexibility index (Phi) is 19.4. The first-order valence-corrected chi connectivity index (χ1v) is 21.9. The second kappa shape index (κ2) is 24.2. The Balaban J connectivity index is 0.000000521. The fraction of sp³-hybridized carbons (Fsp3) is 0.447. The van der Waals surface area contributed by atoms with Crippen molar-refractivity contribution in [1.29, 1.82) is 0 Å². The minimum absolute atomic E-state index is 0. The van der Waals surface area contributed by atoms with Crippen LogP contribution in [0.3, 0.4) is 0 Å². The van der Waals surface area contributed by atoms with E-state index in [1.165, 1.54) is 78.6 Å². The highest BCUT2D eigenvalue weighted by Crippen LogP contribution is 2.34. The monoisotopic (exact) mass is 784 g/mol. The third-order valence-electron chi connectivity index (χ3n) is 9.90. The van der Waals surface area contributed by atoms with Crippen LogP contribution in [0.1, 0.15) is 94.5 Å². The largest absolute Gasteiger partial charge is 0.343 e. The fourth-order valence-corrected chi connectivity index (χ4v) is 8.76. The van der Waals surface area contributed by atoms with Gasteiger partial charge in [-0.15, -0.1) is 0 Å².